The molecule has 3 heteroatoms. The Hall–Kier alpha value is -0.120. The number of rotatable bonds is 7. The second-order valence-electron chi connectivity index (χ2n) is 4.72. The van der Waals surface area contributed by atoms with Crippen molar-refractivity contribution in [1.29, 1.82) is 0 Å². The van der Waals surface area contributed by atoms with Gasteiger partial charge in [-0.05, 0) is 31.6 Å². The van der Waals surface area contributed by atoms with Crippen LogP contribution < -0.4 is 5.73 Å². The van der Waals surface area contributed by atoms with E-state index in [0.29, 0.717) is 6.04 Å². The van der Waals surface area contributed by atoms with Gasteiger partial charge in [-0.3, -0.25) is 4.90 Å². The van der Waals surface area contributed by atoms with E-state index in [1.807, 2.05) is 0 Å². The van der Waals surface area contributed by atoms with Crippen LogP contribution in [0.1, 0.15) is 25.7 Å². The fourth-order valence-electron chi connectivity index (χ4n) is 2.02. The Morgan fingerprint density at radius 3 is 2.57 bits per heavy atom. The SMILES string of the molecule is COCCN(CC(N)C1CC1)C1CC1. The van der Waals surface area contributed by atoms with Gasteiger partial charge in [-0.2, -0.15) is 0 Å². The summed E-state index contributed by atoms with van der Waals surface area (Å²) in [6.07, 6.45) is 5.43. The van der Waals surface area contributed by atoms with E-state index in [9.17, 15) is 0 Å². The number of methoxy groups -OCH3 is 1. The number of hydrogen-bond donors (Lipinski definition) is 1. The number of hydrogen-bond acceptors (Lipinski definition) is 3. The standard InChI is InChI=1S/C11H22N2O/c1-14-7-6-13(10-4-5-10)8-11(12)9-2-3-9/h9-11H,2-8,12H2,1H3. The highest BCUT2D eigenvalue weighted by Crippen LogP contribution is 2.33. The third-order valence-corrected chi connectivity index (χ3v) is 3.32. The summed E-state index contributed by atoms with van der Waals surface area (Å²) in [6, 6.07) is 1.22. The van der Waals surface area contributed by atoms with E-state index < -0.39 is 0 Å². The summed E-state index contributed by atoms with van der Waals surface area (Å²) in [7, 11) is 1.77. The molecule has 2 saturated carbocycles. The van der Waals surface area contributed by atoms with Crippen LogP contribution in [0.4, 0.5) is 0 Å². The molecule has 2 aliphatic carbocycles. The van der Waals surface area contributed by atoms with E-state index in [-0.39, 0.29) is 0 Å². The van der Waals surface area contributed by atoms with Crippen LogP contribution in [0.5, 0.6) is 0 Å². The van der Waals surface area contributed by atoms with Gasteiger partial charge in [0, 0.05) is 32.3 Å². The molecule has 0 aromatic rings. The van der Waals surface area contributed by atoms with Crippen LogP contribution in [-0.2, 0) is 4.74 Å². The average molecular weight is 198 g/mol. The molecule has 82 valence electrons. The number of nitrogens with zero attached hydrogens (tertiary/aromatic N) is 1. The molecular weight excluding hydrogens is 176 g/mol. The predicted octanol–water partition coefficient (Wildman–Crippen LogP) is 0.834. The van der Waals surface area contributed by atoms with Crippen LogP contribution in [0.2, 0.25) is 0 Å². The first-order chi connectivity index (χ1) is 6.81. The molecule has 0 aromatic heterocycles. The smallest absolute Gasteiger partial charge is 0.0589 e. The van der Waals surface area contributed by atoms with Crippen molar-refractivity contribution < 1.29 is 4.74 Å². The maximum Gasteiger partial charge on any atom is 0.0589 e. The molecule has 0 aliphatic heterocycles. The van der Waals surface area contributed by atoms with Gasteiger partial charge in [0.1, 0.15) is 0 Å². The molecule has 2 rings (SSSR count). The zero-order chi connectivity index (χ0) is 9.97. The number of ether oxygens (including phenoxy) is 1. The number of nitrogens with two attached hydrogens (primary N) is 1. The summed E-state index contributed by atoms with van der Waals surface area (Å²) in [5.74, 6) is 0.818. The Morgan fingerprint density at radius 2 is 2.07 bits per heavy atom. The van der Waals surface area contributed by atoms with Gasteiger partial charge >= 0.3 is 0 Å². The van der Waals surface area contributed by atoms with Crippen LogP contribution in [0.15, 0.2) is 0 Å². The lowest BCUT2D eigenvalue weighted by atomic mass is 10.2. The molecule has 0 aromatic carbocycles. The summed E-state index contributed by atoms with van der Waals surface area (Å²) in [5.41, 5.74) is 6.13. The van der Waals surface area contributed by atoms with Gasteiger partial charge in [0.05, 0.1) is 6.61 Å². The Kier molecular flexibility index (Phi) is 3.42. The molecule has 0 bridgehead atoms. The van der Waals surface area contributed by atoms with E-state index in [1.54, 1.807) is 7.11 Å². The van der Waals surface area contributed by atoms with E-state index in [0.717, 1.165) is 31.7 Å². The second-order valence-corrected chi connectivity index (χ2v) is 4.72. The summed E-state index contributed by atoms with van der Waals surface area (Å²) in [4.78, 5) is 2.52. The highest BCUT2D eigenvalue weighted by molar-refractivity contribution is 4.91. The summed E-state index contributed by atoms with van der Waals surface area (Å²) in [6.45, 7) is 2.98. The lowest BCUT2D eigenvalue weighted by Crippen LogP contribution is -2.41. The van der Waals surface area contributed by atoms with Crippen LogP contribution in [0.25, 0.3) is 0 Å². The zero-order valence-corrected chi connectivity index (χ0v) is 9.11. The van der Waals surface area contributed by atoms with Crippen LogP contribution in [0, 0.1) is 5.92 Å². The van der Waals surface area contributed by atoms with Gasteiger partial charge in [0.25, 0.3) is 0 Å². The van der Waals surface area contributed by atoms with E-state index >= 15 is 0 Å². The lowest BCUT2D eigenvalue weighted by molar-refractivity contribution is 0.137. The molecule has 0 heterocycles. The average Bonchev–Trinajstić information content (AvgIpc) is 3.06. The molecular formula is C11H22N2O. The van der Waals surface area contributed by atoms with Crippen molar-refractivity contribution in [1.82, 2.24) is 4.90 Å². The quantitative estimate of drug-likeness (QED) is 0.658. The van der Waals surface area contributed by atoms with Crippen molar-refractivity contribution in [3.8, 4) is 0 Å². The molecule has 0 amide bonds. The summed E-state index contributed by atoms with van der Waals surface area (Å²) >= 11 is 0. The van der Waals surface area contributed by atoms with Crippen LogP contribution >= 0.6 is 0 Å². The molecule has 0 radical (unpaired) electrons. The third kappa shape index (κ3) is 2.94. The van der Waals surface area contributed by atoms with Crippen molar-refractivity contribution in [2.24, 2.45) is 11.7 Å². The molecule has 1 unspecified atom stereocenters. The zero-order valence-electron chi connectivity index (χ0n) is 9.11. The van der Waals surface area contributed by atoms with Gasteiger partial charge < -0.3 is 10.5 Å². The minimum Gasteiger partial charge on any atom is -0.383 e. The molecule has 14 heavy (non-hydrogen) atoms. The Labute approximate surface area is 86.6 Å². The Bertz CT molecular complexity index is 178. The van der Waals surface area contributed by atoms with Gasteiger partial charge in [0.2, 0.25) is 0 Å². The summed E-state index contributed by atoms with van der Waals surface area (Å²) < 4.78 is 5.13. The first kappa shape index (κ1) is 10.4. The second kappa shape index (κ2) is 4.60. The first-order valence-electron chi connectivity index (χ1n) is 5.80. The Balaban J connectivity index is 1.71. The fourth-order valence-corrected chi connectivity index (χ4v) is 2.02. The largest absolute Gasteiger partial charge is 0.383 e. The Morgan fingerprint density at radius 1 is 1.36 bits per heavy atom. The van der Waals surface area contributed by atoms with Crippen molar-refractivity contribution in [3.05, 3.63) is 0 Å². The molecule has 2 fully saturated rings. The van der Waals surface area contributed by atoms with Crippen molar-refractivity contribution in [2.45, 2.75) is 37.8 Å². The van der Waals surface area contributed by atoms with Crippen molar-refractivity contribution in [2.75, 3.05) is 26.8 Å². The highest BCUT2D eigenvalue weighted by Gasteiger charge is 2.34. The molecule has 1 atom stereocenters. The first-order valence-corrected chi connectivity index (χ1v) is 5.80. The maximum atomic E-state index is 6.13. The topological polar surface area (TPSA) is 38.5 Å². The predicted molar refractivity (Wildman–Crippen MR) is 57.2 cm³/mol. The monoisotopic (exact) mass is 198 g/mol. The lowest BCUT2D eigenvalue weighted by Gasteiger charge is -2.25. The van der Waals surface area contributed by atoms with Gasteiger partial charge in [-0.25, -0.2) is 0 Å². The fraction of sp³-hybridized carbons (Fsp3) is 1.00. The molecule has 0 spiro atoms. The maximum absolute atomic E-state index is 6.13. The minimum atomic E-state index is 0.410. The molecule has 0 saturated heterocycles. The van der Waals surface area contributed by atoms with E-state index in [4.69, 9.17) is 10.5 Å². The van der Waals surface area contributed by atoms with Crippen LogP contribution in [-0.4, -0.2) is 43.8 Å². The molecule has 2 aliphatic rings. The van der Waals surface area contributed by atoms with Gasteiger partial charge in [-0.15, -0.1) is 0 Å². The summed E-state index contributed by atoms with van der Waals surface area (Å²) in [5, 5.41) is 0. The van der Waals surface area contributed by atoms with Crippen molar-refractivity contribution >= 4 is 0 Å². The molecule has 3 nitrogen and oxygen atoms in total. The van der Waals surface area contributed by atoms with E-state index in [1.165, 1.54) is 25.7 Å². The van der Waals surface area contributed by atoms with Gasteiger partial charge in [-0.1, -0.05) is 0 Å². The molecule has 2 N–H and O–H groups in total. The highest BCUT2D eigenvalue weighted by atomic mass is 16.5. The van der Waals surface area contributed by atoms with E-state index in [2.05, 4.69) is 4.90 Å². The normalized spacial score (nSPS) is 24.2. The van der Waals surface area contributed by atoms with Gasteiger partial charge in [0.15, 0.2) is 0 Å². The van der Waals surface area contributed by atoms with Crippen LogP contribution in [0.3, 0.4) is 0 Å². The third-order valence-electron chi connectivity index (χ3n) is 3.32. The van der Waals surface area contributed by atoms with Crippen molar-refractivity contribution in [3.63, 3.8) is 0 Å². The minimum absolute atomic E-state index is 0.410.